The molecule has 0 bridgehead atoms. The Morgan fingerprint density at radius 1 is 0.390 bits per heavy atom. The number of pyridine rings is 1. The first-order valence-electron chi connectivity index (χ1n) is 14.0. The van der Waals surface area contributed by atoms with Crippen molar-refractivity contribution in [3.63, 3.8) is 0 Å². The van der Waals surface area contributed by atoms with Crippen molar-refractivity contribution < 1.29 is 0 Å². The SMILES string of the molecule is c1ccc2c(c1)nc(-c1ccc(-c3ccc4c5ccccc5c5ccccc5c4c3)cc1)c1c3ccccc3sc21. The molecule has 0 saturated heterocycles. The number of benzene rings is 7. The first kappa shape index (κ1) is 22.7. The van der Waals surface area contributed by atoms with E-state index in [1.165, 1.54) is 69.0 Å². The topological polar surface area (TPSA) is 12.9 Å². The highest BCUT2D eigenvalue weighted by atomic mass is 32.1. The molecule has 1 nitrogen and oxygen atoms in total. The van der Waals surface area contributed by atoms with Crippen LogP contribution < -0.4 is 0 Å². The number of fused-ring (bicyclic) bond motifs is 11. The fraction of sp³-hybridized carbons (Fsp3) is 0. The molecule has 2 heterocycles. The van der Waals surface area contributed by atoms with Gasteiger partial charge in [0.2, 0.25) is 0 Å². The van der Waals surface area contributed by atoms with Crippen molar-refractivity contribution in [3.8, 4) is 22.4 Å². The molecule has 9 rings (SSSR count). The lowest BCUT2D eigenvalue weighted by atomic mass is 9.92. The van der Waals surface area contributed by atoms with Gasteiger partial charge in [0.15, 0.2) is 0 Å². The molecule has 0 spiro atoms. The minimum absolute atomic E-state index is 1.04. The maximum Gasteiger partial charge on any atom is 0.0802 e. The maximum atomic E-state index is 5.21. The molecule has 0 amide bonds. The van der Waals surface area contributed by atoms with Gasteiger partial charge in [-0.2, -0.15) is 0 Å². The number of thiophene rings is 1. The molecular weight excluding hydrogens is 515 g/mol. The second-order valence-electron chi connectivity index (χ2n) is 10.7. The van der Waals surface area contributed by atoms with Crippen molar-refractivity contribution in [2.24, 2.45) is 0 Å². The highest BCUT2D eigenvalue weighted by Gasteiger charge is 2.16. The quantitative estimate of drug-likeness (QED) is 0.200. The summed E-state index contributed by atoms with van der Waals surface area (Å²) in [6, 6.07) is 50.6. The van der Waals surface area contributed by atoms with Gasteiger partial charge in [0.1, 0.15) is 0 Å². The van der Waals surface area contributed by atoms with Crippen molar-refractivity contribution in [2.45, 2.75) is 0 Å². The third kappa shape index (κ3) is 3.38. The zero-order valence-electron chi connectivity index (χ0n) is 22.1. The Hall–Kier alpha value is -5.05. The van der Waals surface area contributed by atoms with E-state index in [1.807, 2.05) is 11.3 Å². The van der Waals surface area contributed by atoms with Gasteiger partial charge in [-0.05, 0) is 61.6 Å². The summed E-state index contributed by atoms with van der Waals surface area (Å²) in [7, 11) is 0. The summed E-state index contributed by atoms with van der Waals surface area (Å²) in [5.74, 6) is 0. The van der Waals surface area contributed by atoms with Crippen LogP contribution in [0.3, 0.4) is 0 Å². The van der Waals surface area contributed by atoms with Gasteiger partial charge in [-0.1, -0.05) is 121 Å². The van der Waals surface area contributed by atoms with Crippen LogP contribution in [0.4, 0.5) is 0 Å². The first-order valence-corrected chi connectivity index (χ1v) is 14.8. The summed E-state index contributed by atoms with van der Waals surface area (Å²) in [6.45, 7) is 0. The van der Waals surface area contributed by atoms with E-state index in [-0.39, 0.29) is 0 Å². The Bertz CT molecular complexity index is 2430. The fourth-order valence-electron chi connectivity index (χ4n) is 6.53. The molecule has 0 aliphatic heterocycles. The molecule has 0 saturated carbocycles. The lowest BCUT2D eigenvalue weighted by Gasteiger charge is -2.12. The van der Waals surface area contributed by atoms with Gasteiger partial charge in [0.05, 0.1) is 11.2 Å². The number of hydrogen-bond donors (Lipinski definition) is 0. The second-order valence-corrected chi connectivity index (χ2v) is 11.8. The molecule has 0 aliphatic rings. The fourth-order valence-corrected chi connectivity index (χ4v) is 7.76. The molecule has 9 aromatic rings. The average Bonchev–Trinajstić information content (AvgIpc) is 3.45. The van der Waals surface area contributed by atoms with Crippen LogP contribution in [0, 0.1) is 0 Å². The second kappa shape index (κ2) is 8.72. The largest absolute Gasteiger partial charge is 0.247 e. The third-order valence-corrected chi connectivity index (χ3v) is 9.65. The number of nitrogens with zero attached hydrogens (tertiary/aromatic N) is 1. The van der Waals surface area contributed by atoms with Crippen molar-refractivity contribution in [2.75, 3.05) is 0 Å². The van der Waals surface area contributed by atoms with Crippen LogP contribution in [0.5, 0.6) is 0 Å². The van der Waals surface area contributed by atoms with E-state index in [1.54, 1.807) is 0 Å². The summed E-state index contributed by atoms with van der Waals surface area (Å²) in [5, 5.41) is 11.6. The lowest BCUT2D eigenvalue weighted by molar-refractivity contribution is 1.43. The first-order chi connectivity index (χ1) is 20.3. The van der Waals surface area contributed by atoms with E-state index in [0.29, 0.717) is 0 Å². The van der Waals surface area contributed by atoms with Crippen LogP contribution in [-0.2, 0) is 0 Å². The van der Waals surface area contributed by atoms with Crippen LogP contribution in [0.1, 0.15) is 0 Å². The van der Waals surface area contributed by atoms with Crippen molar-refractivity contribution >= 4 is 74.7 Å². The molecule has 0 fully saturated rings. The Balaban J connectivity index is 1.23. The zero-order valence-corrected chi connectivity index (χ0v) is 23.0. The minimum Gasteiger partial charge on any atom is -0.247 e. The van der Waals surface area contributed by atoms with Gasteiger partial charge in [-0.25, -0.2) is 4.98 Å². The number of rotatable bonds is 2. The minimum atomic E-state index is 1.04. The van der Waals surface area contributed by atoms with E-state index >= 15 is 0 Å². The standard InChI is InChI=1S/C39H23NS/c1-2-11-29-27(9-1)28-10-3-4-12-30(28)34-23-26(21-22-31(29)34)24-17-19-25(20-18-24)38-37-33-14-6-8-16-36(33)41-39(37)32-13-5-7-15-35(32)40-38/h1-23H. The van der Waals surface area contributed by atoms with E-state index in [0.717, 1.165) is 16.8 Å². The summed E-state index contributed by atoms with van der Waals surface area (Å²) in [4.78, 5) is 5.21. The smallest absolute Gasteiger partial charge is 0.0802 e. The average molecular weight is 538 g/mol. The van der Waals surface area contributed by atoms with Crippen molar-refractivity contribution in [1.29, 1.82) is 0 Å². The highest BCUT2D eigenvalue weighted by molar-refractivity contribution is 7.26. The van der Waals surface area contributed by atoms with Gasteiger partial charge in [0.25, 0.3) is 0 Å². The summed E-state index contributed by atoms with van der Waals surface area (Å²) in [6.07, 6.45) is 0. The Morgan fingerprint density at radius 3 is 1.61 bits per heavy atom. The van der Waals surface area contributed by atoms with E-state index in [9.17, 15) is 0 Å². The lowest BCUT2D eigenvalue weighted by Crippen LogP contribution is -1.88. The summed E-state index contributed by atoms with van der Waals surface area (Å²) >= 11 is 1.86. The Morgan fingerprint density at radius 2 is 0.902 bits per heavy atom. The number of para-hydroxylation sites is 1. The van der Waals surface area contributed by atoms with Gasteiger partial charge >= 0.3 is 0 Å². The van der Waals surface area contributed by atoms with Crippen LogP contribution >= 0.6 is 11.3 Å². The summed E-state index contributed by atoms with van der Waals surface area (Å²) < 4.78 is 2.61. The molecular formula is C39H23NS. The molecule has 0 aliphatic carbocycles. The maximum absolute atomic E-state index is 5.21. The molecule has 41 heavy (non-hydrogen) atoms. The summed E-state index contributed by atoms with van der Waals surface area (Å²) in [5.41, 5.74) is 5.67. The number of aromatic nitrogens is 1. The van der Waals surface area contributed by atoms with E-state index < -0.39 is 0 Å². The third-order valence-electron chi connectivity index (χ3n) is 8.45. The van der Waals surface area contributed by atoms with Crippen LogP contribution in [0.2, 0.25) is 0 Å². The van der Waals surface area contributed by atoms with Gasteiger partial charge < -0.3 is 0 Å². The highest BCUT2D eigenvalue weighted by Crippen LogP contribution is 2.43. The van der Waals surface area contributed by atoms with Gasteiger partial charge in [-0.15, -0.1) is 11.3 Å². The molecule has 7 aromatic carbocycles. The van der Waals surface area contributed by atoms with Crippen molar-refractivity contribution in [3.05, 3.63) is 140 Å². The predicted molar refractivity (Wildman–Crippen MR) is 178 cm³/mol. The predicted octanol–water partition coefficient (Wildman–Crippen LogP) is 11.4. The van der Waals surface area contributed by atoms with E-state index in [4.69, 9.17) is 4.98 Å². The van der Waals surface area contributed by atoms with E-state index in [2.05, 4.69) is 140 Å². The Kier molecular flexibility index (Phi) is 4.84. The zero-order chi connectivity index (χ0) is 26.9. The Labute approximate surface area is 240 Å². The molecule has 2 aromatic heterocycles. The molecule has 2 heteroatoms. The molecule has 0 N–H and O–H groups in total. The van der Waals surface area contributed by atoms with Gasteiger partial charge in [0, 0.05) is 31.1 Å². The molecule has 0 unspecified atom stereocenters. The number of hydrogen-bond acceptors (Lipinski definition) is 2. The van der Waals surface area contributed by atoms with Crippen LogP contribution in [0.15, 0.2) is 140 Å². The van der Waals surface area contributed by atoms with Crippen LogP contribution in [-0.4, -0.2) is 4.98 Å². The molecule has 0 radical (unpaired) electrons. The van der Waals surface area contributed by atoms with Gasteiger partial charge in [-0.3, -0.25) is 0 Å². The monoisotopic (exact) mass is 537 g/mol. The molecule has 0 atom stereocenters. The normalized spacial score (nSPS) is 11.9. The van der Waals surface area contributed by atoms with Crippen molar-refractivity contribution in [1.82, 2.24) is 4.98 Å². The molecule has 190 valence electrons. The van der Waals surface area contributed by atoms with Crippen LogP contribution in [0.25, 0.3) is 85.8 Å².